The van der Waals surface area contributed by atoms with Gasteiger partial charge >= 0.3 is 11.7 Å². The van der Waals surface area contributed by atoms with Crippen LogP contribution in [0.4, 0.5) is 5.82 Å². The van der Waals surface area contributed by atoms with Gasteiger partial charge in [0.25, 0.3) is 0 Å². The van der Waals surface area contributed by atoms with E-state index in [4.69, 9.17) is 14.7 Å². The number of aromatic nitrogens is 2. The molecule has 1 heterocycles. The molecule has 0 fully saturated rings. The number of hydrogen-bond donors (Lipinski definition) is 0. The van der Waals surface area contributed by atoms with E-state index in [-0.39, 0.29) is 17.4 Å². The Bertz CT molecular complexity index is 717. The van der Waals surface area contributed by atoms with E-state index < -0.39 is 4.92 Å². The molecule has 0 aliphatic carbocycles. The molecular weight excluding hydrogens is 276 g/mol. The van der Waals surface area contributed by atoms with Crippen molar-refractivity contribution < 1.29 is 14.4 Å². The number of nitro groups is 1. The second-order valence-electron chi connectivity index (χ2n) is 4.05. The first-order chi connectivity index (χ1) is 10.1. The molecular formula is C13H12N4O4. The molecule has 21 heavy (non-hydrogen) atoms. The SMILES string of the molecule is CCOc1cc(C#N)ccc1Oc1c([N+](=O)[O-])ncn1C. The van der Waals surface area contributed by atoms with Gasteiger partial charge in [0, 0.05) is 13.1 Å². The van der Waals surface area contributed by atoms with Gasteiger partial charge in [-0.3, -0.25) is 4.57 Å². The molecule has 108 valence electrons. The molecule has 0 unspecified atom stereocenters. The first-order valence-corrected chi connectivity index (χ1v) is 6.07. The van der Waals surface area contributed by atoms with Crippen molar-refractivity contribution in [3.05, 3.63) is 40.2 Å². The van der Waals surface area contributed by atoms with Crippen LogP contribution in [-0.4, -0.2) is 21.1 Å². The molecule has 2 aromatic rings. The van der Waals surface area contributed by atoms with Gasteiger partial charge in [0.05, 0.1) is 18.2 Å². The summed E-state index contributed by atoms with van der Waals surface area (Å²) in [5.41, 5.74) is 0.408. The lowest BCUT2D eigenvalue weighted by atomic mass is 10.2. The van der Waals surface area contributed by atoms with E-state index in [2.05, 4.69) is 4.98 Å². The highest BCUT2D eigenvalue weighted by molar-refractivity contribution is 5.49. The normalized spacial score (nSPS) is 9.95. The van der Waals surface area contributed by atoms with E-state index in [1.54, 1.807) is 20.0 Å². The summed E-state index contributed by atoms with van der Waals surface area (Å²) in [6, 6.07) is 6.58. The number of aryl methyl sites for hydroxylation is 1. The Balaban J connectivity index is 2.42. The highest BCUT2D eigenvalue weighted by Gasteiger charge is 2.23. The Morgan fingerprint density at radius 2 is 2.24 bits per heavy atom. The molecule has 0 bridgehead atoms. The fourth-order valence-corrected chi connectivity index (χ4v) is 1.68. The maximum Gasteiger partial charge on any atom is 0.427 e. The van der Waals surface area contributed by atoms with E-state index in [0.717, 1.165) is 0 Å². The van der Waals surface area contributed by atoms with Crippen molar-refractivity contribution in [1.29, 1.82) is 5.26 Å². The third-order valence-electron chi connectivity index (χ3n) is 2.62. The lowest BCUT2D eigenvalue weighted by Gasteiger charge is -2.11. The van der Waals surface area contributed by atoms with Crippen LogP contribution in [0.2, 0.25) is 0 Å². The van der Waals surface area contributed by atoms with Crippen molar-refractivity contribution in [2.75, 3.05) is 6.61 Å². The molecule has 8 nitrogen and oxygen atoms in total. The van der Waals surface area contributed by atoms with E-state index in [1.165, 1.54) is 23.0 Å². The summed E-state index contributed by atoms with van der Waals surface area (Å²) in [6.45, 7) is 2.16. The molecule has 2 rings (SSSR count). The van der Waals surface area contributed by atoms with Gasteiger partial charge in [-0.25, -0.2) is 0 Å². The molecule has 1 aromatic heterocycles. The average Bonchev–Trinajstić information content (AvgIpc) is 2.82. The standard InChI is InChI=1S/C13H12N4O4/c1-3-20-11-6-9(7-14)4-5-10(11)21-13-12(17(18)19)15-8-16(13)2/h4-6,8H,3H2,1-2H3. The number of nitrogens with zero attached hydrogens (tertiary/aromatic N) is 4. The fraction of sp³-hybridized carbons (Fsp3) is 0.231. The average molecular weight is 288 g/mol. The Labute approximate surface area is 120 Å². The summed E-state index contributed by atoms with van der Waals surface area (Å²) >= 11 is 0. The zero-order valence-corrected chi connectivity index (χ0v) is 11.4. The zero-order valence-electron chi connectivity index (χ0n) is 11.4. The van der Waals surface area contributed by atoms with Crippen molar-refractivity contribution in [3.8, 4) is 23.4 Å². The van der Waals surface area contributed by atoms with Crippen molar-refractivity contribution in [2.45, 2.75) is 6.92 Å². The zero-order chi connectivity index (χ0) is 15.4. The highest BCUT2D eigenvalue weighted by Crippen LogP contribution is 2.35. The minimum atomic E-state index is -0.626. The van der Waals surface area contributed by atoms with Gasteiger partial charge in [-0.2, -0.15) is 5.26 Å². The number of benzene rings is 1. The Morgan fingerprint density at radius 3 is 2.86 bits per heavy atom. The van der Waals surface area contributed by atoms with Crippen LogP contribution in [0.25, 0.3) is 0 Å². The Hall–Kier alpha value is -3.08. The van der Waals surface area contributed by atoms with Crippen LogP contribution < -0.4 is 9.47 Å². The molecule has 0 saturated heterocycles. The maximum absolute atomic E-state index is 10.9. The number of imidazole rings is 1. The summed E-state index contributed by atoms with van der Waals surface area (Å²) in [5.74, 6) is 0.226. The van der Waals surface area contributed by atoms with E-state index in [9.17, 15) is 10.1 Å². The first-order valence-electron chi connectivity index (χ1n) is 6.07. The smallest absolute Gasteiger partial charge is 0.427 e. The monoisotopic (exact) mass is 288 g/mol. The van der Waals surface area contributed by atoms with Gasteiger partial charge in [-0.1, -0.05) is 0 Å². The minimum Gasteiger partial charge on any atom is -0.490 e. The van der Waals surface area contributed by atoms with E-state index in [0.29, 0.717) is 17.9 Å². The maximum atomic E-state index is 10.9. The van der Waals surface area contributed by atoms with Crippen LogP contribution in [0.15, 0.2) is 24.5 Å². The second-order valence-corrected chi connectivity index (χ2v) is 4.05. The summed E-state index contributed by atoms with van der Waals surface area (Å²) in [7, 11) is 1.58. The summed E-state index contributed by atoms with van der Waals surface area (Å²) in [6.07, 6.45) is 1.29. The predicted molar refractivity (Wildman–Crippen MR) is 72.3 cm³/mol. The molecule has 0 radical (unpaired) electrons. The van der Waals surface area contributed by atoms with Crippen LogP contribution in [-0.2, 0) is 7.05 Å². The topological polar surface area (TPSA) is 103 Å². The summed E-state index contributed by atoms with van der Waals surface area (Å²) in [4.78, 5) is 14.0. The lowest BCUT2D eigenvalue weighted by Crippen LogP contribution is -2.00. The molecule has 0 aliphatic rings. The van der Waals surface area contributed by atoms with Crippen molar-refractivity contribution in [1.82, 2.24) is 9.55 Å². The van der Waals surface area contributed by atoms with Gasteiger partial charge in [-0.05, 0) is 29.0 Å². The summed E-state index contributed by atoms with van der Waals surface area (Å²) < 4.78 is 12.3. The molecule has 0 amide bonds. The number of hydrogen-bond acceptors (Lipinski definition) is 6. The Morgan fingerprint density at radius 1 is 1.48 bits per heavy atom. The Kier molecular flexibility index (Phi) is 4.04. The molecule has 0 saturated carbocycles. The largest absolute Gasteiger partial charge is 0.490 e. The molecule has 0 aliphatic heterocycles. The van der Waals surface area contributed by atoms with Crippen LogP contribution in [0, 0.1) is 21.4 Å². The first kappa shape index (κ1) is 14.3. The van der Waals surface area contributed by atoms with Crippen molar-refractivity contribution in [2.24, 2.45) is 7.05 Å². The van der Waals surface area contributed by atoms with Gasteiger partial charge in [-0.15, -0.1) is 0 Å². The minimum absolute atomic E-state index is 0.00865. The van der Waals surface area contributed by atoms with E-state index in [1.807, 2.05) is 6.07 Å². The predicted octanol–water partition coefficient (Wildman–Crippen LogP) is 2.39. The van der Waals surface area contributed by atoms with Gasteiger partial charge < -0.3 is 19.6 Å². The third kappa shape index (κ3) is 2.92. The number of rotatable bonds is 5. The molecule has 8 heteroatoms. The molecule has 1 aromatic carbocycles. The van der Waals surface area contributed by atoms with Crippen LogP contribution in [0.3, 0.4) is 0 Å². The summed E-state index contributed by atoms with van der Waals surface area (Å²) in [5, 5.41) is 19.8. The molecule has 0 spiro atoms. The number of nitriles is 1. The van der Waals surface area contributed by atoms with Gasteiger partial charge in [0.15, 0.2) is 11.5 Å². The van der Waals surface area contributed by atoms with Crippen molar-refractivity contribution in [3.63, 3.8) is 0 Å². The van der Waals surface area contributed by atoms with Crippen LogP contribution in [0.1, 0.15) is 12.5 Å². The van der Waals surface area contributed by atoms with Crippen LogP contribution >= 0.6 is 0 Å². The quantitative estimate of drug-likeness (QED) is 0.618. The lowest BCUT2D eigenvalue weighted by molar-refractivity contribution is -0.390. The third-order valence-corrected chi connectivity index (χ3v) is 2.62. The fourth-order valence-electron chi connectivity index (χ4n) is 1.68. The van der Waals surface area contributed by atoms with Crippen LogP contribution in [0.5, 0.6) is 17.4 Å². The van der Waals surface area contributed by atoms with E-state index >= 15 is 0 Å². The number of ether oxygens (including phenoxy) is 2. The molecule has 0 N–H and O–H groups in total. The van der Waals surface area contributed by atoms with Gasteiger partial charge in [0.2, 0.25) is 6.33 Å². The molecule has 0 atom stereocenters. The highest BCUT2D eigenvalue weighted by atomic mass is 16.6. The second kappa shape index (κ2) is 5.92. The van der Waals surface area contributed by atoms with Gasteiger partial charge in [0.1, 0.15) is 0 Å². The van der Waals surface area contributed by atoms with Crippen molar-refractivity contribution >= 4 is 5.82 Å².